The number of ether oxygens (including phenoxy) is 3. The zero-order valence-electron chi connectivity index (χ0n) is 15.2. The molecule has 0 fully saturated rings. The number of carbonyl (C=O) groups is 1. The topological polar surface area (TPSA) is 99.9 Å². The van der Waals surface area contributed by atoms with E-state index in [0.717, 1.165) is 18.2 Å². The summed E-state index contributed by atoms with van der Waals surface area (Å²) in [6.45, 7) is -0.411. The lowest BCUT2D eigenvalue weighted by Gasteiger charge is -2.15. The molecule has 0 atom stereocenters. The first-order chi connectivity index (χ1) is 13.7. The van der Waals surface area contributed by atoms with E-state index < -0.39 is 29.2 Å². The van der Waals surface area contributed by atoms with Crippen LogP contribution in [-0.2, 0) is 15.7 Å². The number of benzene rings is 2. The van der Waals surface area contributed by atoms with E-state index in [-0.39, 0.29) is 36.1 Å². The Kier molecular flexibility index (Phi) is 7.37. The number of rotatable bonds is 9. The summed E-state index contributed by atoms with van der Waals surface area (Å²) >= 11 is 0. The van der Waals surface area contributed by atoms with E-state index >= 15 is 0 Å². The van der Waals surface area contributed by atoms with E-state index in [4.69, 9.17) is 14.2 Å². The van der Waals surface area contributed by atoms with Crippen LogP contribution in [-0.4, -0.2) is 37.8 Å². The molecule has 0 heterocycles. The van der Waals surface area contributed by atoms with Gasteiger partial charge in [-0.1, -0.05) is 12.1 Å². The molecular formula is C18H17F3N2O6. The van der Waals surface area contributed by atoms with Gasteiger partial charge in [-0.2, -0.15) is 13.2 Å². The summed E-state index contributed by atoms with van der Waals surface area (Å²) in [6, 6.07) is 8.03. The number of para-hydroxylation sites is 2. The minimum absolute atomic E-state index is 0.00842. The van der Waals surface area contributed by atoms with Gasteiger partial charge in [0.25, 0.3) is 5.91 Å². The molecule has 0 radical (unpaired) electrons. The predicted molar refractivity (Wildman–Crippen MR) is 96.0 cm³/mol. The van der Waals surface area contributed by atoms with E-state index in [0.29, 0.717) is 0 Å². The van der Waals surface area contributed by atoms with Crippen molar-refractivity contribution in [3.8, 4) is 11.5 Å². The molecule has 0 aliphatic carbocycles. The second kappa shape index (κ2) is 9.73. The molecule has 8 nitrogen and oxygen atoms in total. The molecule has 0 aromatic heterocycles. The summed E-state index contributed by atoms with van der Waals surface area (Å²) in [5.41, 5.74) is -1.54. The van der Waals surface area contributed by atoms with Crippen molar-refractivity contribution in [2.24, 2.45) is 0 Å². The maximum absolute atomic E-state index is 13.0. The number of nitrogens with one attached hydrogen (secondary N) is 1. The van der Waals surface area contributed by atoms with Gasteiger partial charge >= 0.3 is 11.9 Å². The van der Waals surface area contributed by atoms with Gasteiger partial charge in [0.1, 0.15) is 12.4 Å². The molecule has 1 amide bonds. The average Bonchev–Trinajstić information content (AvgIpc) is 2.67. The van der Waals surface area contributed by atoms with Crippen LogP contribution in [0.4, 0.5) is 24.5 Å². The number of anilines is 1. The third kappa shape index (κ3) is 6.35. The van der Waals surface area contributed by atoms with Gasteiger partial charge in [-0.05, 0) is 24.3 Å². The summed E-state index contributed by atoms with van der Waals surface area (Å²) in [6.07, 6.45) is -4.62. The lowest BCUT2D eigenvalue weighted by molar-refractivity contribution is -0.385. The number of hydrogen-bond donors (Lipinski definition) is 1. The Bertz CT molecular complexity index is 873. The third-order valence-corrected chi connectivity index (χ3v) is 3.55. The molecule has 0 spiro atoms. The molecule has 0 bridgehead atoms. The van der Waals surface area contributed by atoms with Crippen LogP contribution in [0.25, 0.3) is 0 Å². The Labute approximate surface area is 163 Å². The summed E-state index contributed by atoms with van der Waals surface area (Å²) in [5, 5.41) is 13.2. The van der Waals surface area contributed by atoms with Gasteiger partial charge in [-0.3, -0.25) is 14.9 Å². The van der Waals surface area contributed by atoms with Crippen LogP contribution in [0.15, 0.2) is 42.5 Å². The maximum Gasteiger partial charge on any atom is 0.416 e. The molecule has 1 N–H and O–H groups in total. The Morgan fingerprint density at radius 1 is 1.10 bits per heavy atom. The number of methoxy groups -OCH3 is 1. The van der Waals surface area contributed by atoms with E-state index in [2.05, 4.69) is 5.32 Å². The number of carbonyl (C=O) groups excluding carboxylic acids is 1. The van der Waals surface area contributed by atoms with E-state index in [1.165, 1.54) is 31.4 Å². The molecule has 0 unspecified atom stereocenters. The van der Waals surface area contributed by atoms with Crippen molar-refractivity contribution in [3.63, 3.8) is 0 Å². The van der Waals surface area contributed by atoms with Crippen molar-refractivity contribution in [3.05, 3.63) is 58.1 Å². The number of nitro benzene ring substituents is 1. The van der Waals surface area contributed by atoms with Crippen LogP contribution in [0.1, 0.15) is 5.56 Å². The number of hydrogen-bond acceptors (Lipinski definition) is 6. The Balaban J connectivity index is 2.14. The van der Waals surface area contributed by atoms with E-state index in [1.54, 1.807) is 0 Å². The van der Waals surface area contributed by atoms with Crippen LogP contribution >= 0.6 is 0 Å². The summed E-state index contributed by atoms with van der Waals surface area (Å²) in [4.78, 5) is 22.4. The van der Waals surface area contributed by atoms with Gasteiger partial charge in [0, 0.05) is 13.2 Å². The number of nitrogens with zero attached hydrogens (tertiary/aromatic N) is 1. The van der Waals surface area contributed by atoms with Crippen LogP contribution in [0.5, 0.6) is 11.5 Å². The number of nitro groups is 1. The van der Waals surface area contributed by atoms with Crippen molar-refractivity contribution in [1.29, 1.82) is 0 Å². The lowest BCUT2D eigenvalue weighted by atomic mass is 10.1. The fourth-order valence-corrected chi connectivity index (χ4v) is 2.22. The Morgan fingerprint density at radius 2 is 1.83 bits per heavy atom. The van der Waals surface area contributed by atoms with E-state index in [1.807, 2.05) is 0 Å². The Hall–Kier alpha value is -3.34. The molecule has 2 aromatic rings. The highest BCUT2D eigenvalue weighted by atomic mass is 19.4. The van der Waals surface area contributed by atoms with Crippen LogP contribution in [0.3, 0.4) is 0 Å². The minimum Gasteiger partial charge on any atom is -0.489 e. The molecule has 0 saturated carbocycles. The molecule has 156 valence electrons. The first-order valence-electron chi connectivity index (χ1n) is 8.21. The monoisotopic (exact) mass is 414 g/mol. The van der Waals surface area contributed by atoms with Crippen LogP contribution in [0.2, 0.25) is 0 Å². The molecule has 2 rings (SSSR count). The van der Waals surface area contributed by atoms with Gasteiger partial charge in [0.05, 0.1) is 22.8 Å². The summed E-state index contributed by atoms with van der Waals surface area (Å²) < 4.78 is 54.2. The second-order valence-corrected chi connectivity index (χ2v) is 5.61. The highest BCUT2D eigenvalue weighted by molar-refractivity contribution is 5.93. The van der Waals surface area contributed by atoms with Crippen molar-refractivity contribution in [2.75, 3.05) is 32.2 Å². The second-order valence-electron chi connectivity index (χ2n) is 5.61. The zero-order valence-corrected chi connectivity index (χ0v) is 15.2. The smallest absolute Gasteiger partial charge is 0.416 e. The fourth-order valence-electron chi connectivity index (χ4n) is 2.22. The van der Waals surface area contributed by atoms with Gasteiger partial charge in [0.15, 0.2) is 12.4 Å². The molecule has 11 heteroatoms. The van der Waals surface area contributed by atoms with Crippen LogP contribution < -0.4 is 14.8 Å². The molecule has 2 aromatic carbocycles. The standard InChI is InChI=1S/C18H17F3N2O6/c1-27-8-9-28-15-7-6-12(18(19,20)21)10-13(15)22-17(24)11-29-16-5-3-2-4-14(16)23(25)26/h2-7,10H,8-9,11H2,1H3,(H,22,24). The largest absolute Gasteiger partial charge is 0.489 e. The third-order valence-electron chi connectivity index (χ3n) is 3.55. The van der Waals surface area contributed by atoms with Gasteiger partial charge in [-0.25, -0.2) is 0 Å². The minimum atomic E-state index is -4.62. The number of halogens is 3. The van der Waals surface area contributed by atoms with Crippen LogP contribution in [0, 0.1) is 10.1 Å². The maximum atomic E-state index is 13.0. The van der Waals surface area contributed by atoms with Gasteiger partial charge < -0.3 is 19.5 Å². The predicted octanol–water partition coefficient (Wildman–Crippen LogP) is 3.66. The van der Waals surface area contributed by atoms with Crippen molar-refractivity contribution in [1.82, 2.24) is 0 Å². The highest BCUT2D eigenvalue weighted by Gasteiger charge is 2.31. The zero-order chi connectivity index (χ0) is 21.4. The van der Waals surface area contributed by atoms with Gasteiger partial charge in [-0.15, -0.1) is 0 Å². The van der Waals surface area contributed by atoms with Gasteiger partial charge in [0.2, 0.25) is 0 Å². The highest BCUT2D eigenvalue weighted by Crippen LogP contribution is 2.35. The summed E-state index contributed by atoms with van der Waals surface area (Å²) in [7, 11) is 1.43. The quantitative estimate of drug-likeness (QED) is 0.382. The SMILES string of the molecule is COCCOc1ccc(C(F)(F)F)cc1NC(=O)COc1ccccc1[N+](=O)[O-]. The number of alkyl halides is 3. The van der Waals surface area contributed by atoms with E-state index in [9.17, 15) is 28.1 Å². The lowest BCUT2D eigenvalue weighted by Crippen LogP contribution is -2.21. The first-order valence-corrected chi connectivity index (χ1v) is 8.21. The summed E-state index contributed by atoms with van der Waals surface area (Å²) in [5.74, 6) is -0.957. The molecule has 0 saturated heterocycles. The molecule has 29 heavy (non-hydrogen) atoms. The first kappa shape index (κ1) is 22.0. The Morgan fingerprint density at radius 3 is 2.48 bits per heavy atom. The molecular weight excluding hydrogens is 397 g/mol. The molecule has 0 aliphatic heterocycles. The van der Waals surface area contributed by atoms with Crippen molar-refractivity contribution in [2.45, 2.75) is 6.18 Å². The number of amides is 1. The molecule has 0 aliphatic rings. The van der Waals surface area contributed by atoms with Crippen molar-refractivity contribution < 1.29 is 37.1 Å². The fraction of sp³-hybridized carbons (Fsp3) is 0.278. The average molecular weight is 414 g/mol. The van der Waals surface area contributed by atoms with Crippen molar-refractivity contribution >= 4 is 17.3 Å². The normalized spacial score (nSPS) is 11.0.